The van der Waals surface area contributed by atoms with Gasteiger partial charge in [0.15, 0.2) is 0 Å². The van der Waals surface area contributed by atoms with Gasteiger partial charge in [0, 0.05) is 63.6 Å². The third-order valence-electron chi connectivity index (χ3n) is 8.31. The number of carbonyl (C=O) groups excluding carboxylic acids is 2. The molecular formula is C22H35F2N5O4S. The van der Waals surface area contributed by atoms with E-state index in [0.29, 0.717) is 25.9 Å². The molecule has 5 fully saturated rings. The van der Waals surface area contributed by atoms with Gasteiger partial charge in [-0.3, -0.25) is 15.1 Å². The van der Waals surface area contributed by atoms with E-state index in [-0.39, 0.29) is 50.1 Å². The van der Waals surface area contributed by atoms with Crippen molar-refractivity contribution in [2.75, 3.05) is 33.2 Å². The molecule has 34 heavy (non-hydrogen) atoms. The molecule has 3 aliphatic carbocycles. The molecule has 3 amide bonds. The van der Waals surface area contributed by atoms with Gasteiger partial charge in [-0.15, -0.1) is 0 Å². The number of imide groups is 1. The second-order valence-corrected chi connectivity index (χ2v) is 13.4. The van der Waals surface area contributed by atoms with Gasteiger partial charge in [0.2, 0.25) is 21.9 Å². The molecule has 4 atom stereocenters. The van der Waals surface area contributed by atoms with E-state index in [0.717, 1.165) is 12.8 Å². The number of nitrogens with one attached hydrogen (secondary N) is 2. The number of carbonyl (C=O) groups is 2. The smallest absolute Gasteiger partial charge is 0.320 e. The fourth-order valence-electron chi connectivity index (χ4n) is 6.10. The Bertz CT molecular complexity index is 951. The zero-order valence-corrected chi connectivity index (χ0v) is 20.6. The molecule has 0 aromatic heterocycles. The molecule has 5 rings (SSSR count). The van der Waals surface area contributed by atoms with Gasteiger partial charge >= 0.3 is 6.03 Å². The standard InChI is InChI=1S/C22H35F2N5O4S/c1-21(5-6-21)26-34(32,33)16-3-4-18-17(7-16)19(30)29(13-15-10-25-27(2)11-15)20(31)28(18)12-14-8-22(23,24)9-14/h14-18,25-26H,3-13H2,1-2H3. The number of halogens is 2. The van der Waals surface area contributed by atoms with Crippen molar-refractivity contribution < 1.29 is 26.8 Å². The lowest BCUT2D eigenvalue weighted by molar-refractivity contribution is -0.145. The highest BCUT2D eigenvalue weighted by atomic mass is 32.2. The summed E-state index contributed by atoms with van der Waals surface area (Å²) >= 11 is 0. The summed E-state index contributed by atoms with van der Waals surface area (Å²) in [5.74, 6) is -3.88. The van der Waals surface area contributed by atoms with Gasteiger partial charge in [-0.05, 0) is 44.9 Å². The Morgan fingerprint density at radius 2 is 1.82 bits per heavy atom. The number of rotatable bonds is 7. The predicted molar refractivity (Wildman–Crippen MR) is 120 cm³/mol. The lowest BCUT2D eigenvalue weighted by Gasteiger charge is -2.50. The molecule has 0 radical (unpaired) electrons. The Labute approximate surface area is 199 Å². The number of urea groups is 1. The molecule has 12 heteroatoms. The first kappa shape index (κ1) is 24.3. The van der Waals surface area contributed by atoms with E-state index in [4.69, 9.17) is 0 Å². The molecule has 0 aromatic rings. The molecule has 2 saturated heterocycles. The van der Waals surface area contributed by atoms with Gasteiger partial charge in [0.25, 0.3) is 0 Å². The third-order valence-corrected chi connectivity index (χ3v) is 10.4. The fourth-order valence-corrected chi connectivity index (χ4v) is 8.06. The lowest BCUT2D eigenvalue weighted by atomic mass is 9.77. The molecule has 3 saturated carbocycles. The Morgan fingerprint density at radius 1 is 1.12 bits per heavy atom. The van der Waals surface area contributed by atoms with Crippen molar-refractivity contribution in [3.63, 3.8) is 0 Å². The Balaban J connectivity index is 1.35. The van der Waals surface area contributed by atoms with Crippen LogP contribution in [-0.4, -0.2) is 91.1 Å². The molecule has 2 aliphatic heterocycles. The normalized spacial score (nSPS) is 35.9. The molecule has 0 spiro atoms. The maximum absolute atomic E-state index is 13.5. The van der Waals surface area contributed by atoms with Crippen LogP contribution in [-0.2, 0) is 14.8 Å². The van der Waals surface area contributed by atoms with E-state index in [1.807, 2.05) is 19.0 Å². The molecule has 0 bridgehead atoms. The van der Waals surface area contributed by atoms with Gasteiger partial charge in [-0.25, -0.2) is 31.7 Å². The van der Waals surface area contributed by atoms with Crippen molar-refractivity contribution in [2.24, 2.45) is 17.8 Å². The average molecular weight is 504 g/mol. The first-order chi connectivity index (χ1) is 15.9. The van der Waals surface area contributed by atoms with Crippen LogP contribution in [0.2, 0.25) is 0 Å². The van der Waals surface area contributed by atoms with Gasteiger partial charge in [-0.1, -0.05) is 0 Å². The maximum Gasteiger partial charge on any atom is 0.326 e. The predicted octanol–water partition coefficient (Wildman–Crippen LogP) is 1.37. The van der Waals surface area contributed by atoms with E-state index in [9.17, 15) is 26.8 Å². The van der Waals surface area contributed by atoms with Gasteiger partial charge in [-0.2, -0.15) is 0 Å². The van der Waals surface area contributed by atoms with Crippen LogP contribution in [0.3, 0.4) is 0 Å². The van der Waals surface area contributed by atoms with Crippen LogP contribution in [0.15, 0.2) is 0 Å². The molecular weight excluding hydrogens is 468 g/mol. The molecule has 2 heterocycles. The number of hydrazine groups is 1. The van der Waals surface area contributed by atoms with Crippen molar-refractivity contribution in [2.45, 2.75) is 74.6 Å². The van der Waals surface area contributed by atoms with Crippen molar-refractivity contribution in [3.8, 4) is 0 Å². The van der Waals surface area contributed by atoms with Crippen LogP contribution < -0.4 is 10.1 Å². The summed E-state index contributed by atoms with van der Waals surface area (Å²) in [6, 6.07) is -0.848. The molecule has 9 nitrogen and oxygen atoms in total. The molecule has 5 aliphatic rings. The average Bonchev–Trinajstić information content (AvgIpc) is 3.30. The number of fused-ring (bicyclic) bond motifs is 1. The van der Waals surface area contributed by atoms with Crippen molar-refractivity contribution in [1.82, 2.24) is 25.0 Å². The minimum atomic E-state index is -3.60. The fraction of sp³-hybridized carbons (Fsp3) is 0.909. The molecule has 4 unspecified atom stereocenters. The van der Waals surface area contributed by atoms with E-state index < -0.39 is 44.7 Å². The quantitative estimate of drug-likeness (QED) is 0.544. The van der Waals surface area contributed by atoms with E-state index in [2.05, 4.69) is 10.1 Å². The van der Waals surface area contributed by atoms with Crippen molar-refractivity contribution in [1.29, 1.82) is 0 Å². The Morgan fingerprint density at radius 3 is 2.41 bits per heavy atom. The van der Waals surface area contributed by atoms with Crippen LogP contribution in [0.4, 0.5) is 13.6 Å². The minimum Gasteiger partial charge on any atom is -0.320 e. The SMILES string of the molecule is CN1CC(CN2C(=O)C3CC(S(=O)(=O)NC4(C)CC4)CCC3N(CC3CC(F)(F)C3)C2=O)CN1. The number of nitrogens with zero attached hydrogens (tertiary/aromatic N) is 3. The minimum absolute atomic E-state index is 0.0592. The monoisotopic (exact) mass is 503 g/mol. The summed E-state index contributed by atoms with van der Waals surface area (Å²) < 4.78 is 55.9. The van der Waals surface area contributed by atoms with E-state index in [1.165, 1.54) is 4.90 Å². The number of sulfonamides is 1. The number of hydrogen-bond donors (Lipinski definition) is 2. The summed E-state index contributed by atoms with van der Waals surface area (Å²) in [5.41, 5.74) is 2.78. The molecule has 2 N–H and O–H groups in total. The van der Waals surface area contributed by atoms with Crippen LogP contribution in [0, 0.1) is 17.8 Å². The summed E-state index contributed by atoms with van der Waals surface area (Å²) in [4.78, 5) is 29.9. The van der Waals surface area contributed by atoms with Crippen LogP contribution in [0.25, 0.3) is 0 Å². The van der Waals surface area contributed by atoms with Crippen LogP contribution in [0.1, 0.15) is 51.9 Å². The number of alkyl halides is 2. The summed E-state index contributed by atoms with van der Waals surface area (Å²) in [6.07, 6.45) is 1.99. The largest absolute Gasteiger partial charge is 0.326 e. The number of hydrogen-bond acceptors (Lipinski definition) is 6. The van der Waals surface area contributed by atoms with Crippen LogP contribution >= 0.6 is 0 Å². The Kier molecular flexibility index (Phi) is 5.97. The van der Waals surface area contributed by atoms with Crippen LogP contribution in [0.5, 0.6) is 0 Å². The summed E-state index contributed by atoms with van der Waals surface area (Å²) in [6.45, 7) is 3.62. The zero-order chi connectivity index (χ0) is 24.5. The van der Waals surface area contributed by atoms with E-state index in [1.54, 1.807) is 4.90 Å². The van der Waals surface area contributed by atoms with Gasteiger partial charge in [0.1, 0.15) is 0 Å². The zero-order valence-electron chi connectivity index (χ0n) is 19.8. The van der Waals surface area contributed by atoms with Crippen molar-refractivity contribution >= 4 is 22.0 Å². The first-order valence-electron chi connectivity index (χ1n) is 12.3. The first-order valence-corrected chi connectivity index (χ1v) is 13.9. The number of amides is 3. The second-order valence-electron chi connectivity index (χ2n) is 11.4. The van der Waals surface area contributed by atoms with Gasteiger partial charge in [0.05, 0.1) is 11.2 Å². The highest BCUT2D eigenvalue weighted by Crippen LogP contribution is 2.45. The topological polar surface area (TPSA) is 102 Å². The molecule has 192 valence electrons. The highest BCUT2D eigenvalue weighted by Gasteiger charge is 2.54. The molecule has 0 aromatic carbocycles. The van der Waals surface area contributed by atoms with Gasteiger partial charge < -0.3 is 4.90 Å². The third kappa shape index (κ3) is 4.70. The maximum atomic E-state index is 13.5. The Hall–Kier alpha value is -1.37. The summed E-state index contributed by atoms with van der Waals surface area (Å²) in [7, 11) is -1.71. The van der Waals surface area contributed by atoms with E-state index >= 15 is 0 Å². The summed E-state index contributed by atoms with van der Waals surface area (Å²) in [5, 5.41) is 1.22. The highest BCUT2D eigenvalue weighted by molar-refractivity contribution is 7.90. The lowest BCUT2D eigenvalue weighted by Crippen LogP contribution is -2.66. The van der Waals surface area contributed by atoms with Crippen molar-refractivity contribution in [3.05, 3.63) is 0 Å². The second kappa shape index (κ2) is 8.35.